The summed E-state index contributed by atoms with van der Waals surface area (Å²) in [5.41, 5.74) is 0.326. The van der Waals surface area contributed by atoms with E-state index in [-0.39, 0.29) is 16.7 Å². The number of rotatable bonds is 3. The van der Waals surface area contributed by atoms with Crippen LogP contribution in [-0.2, 0) is 0 Å². The highest BCUT2D eigenvalue weighted by molar-refractivity contribution is 6.68. The Morgan fingerprint density at radius 1 is 1.50 bits per heavy atom. The third kappa shape index (κ3) is 1.96. The number of nitrogens with zero attached hydrogens (tertiary/aromatic N) is 1. The smallest absolute Gasteiger partial charge is 0.399 e. The predicted molar refractivity (Wildman–Crippen MR) is 50.8 cm³/mol. The number of benzene rings is 1. The lowest BCUT2D eigenvalue weighted by Gasteiger charge is -1.94. The van der Waals surface area contributed by atoms with Gasteiger partial charge in [0.25, 0.3) is 5.24 Å². The Bertz CT molecular complexity index is 541. The van der Waals surface area contributed by atoms with Gasteiger partial charge >= 0.3 is 12.7 Å². The Morgan fingerprint density at radius 2 is 2.25 bits per heavy atom. The van der Waals surface area contributed by atoms with Crippen molar-refractivity contribution in [2.45, 2.75) is 6.61 Å². The SMILES string of the molecule is O=C(Cl)c1cccc2oc(OC(F)F)nc12. The van der Waals surface area contributed by atoms with Crippen molar-refractivity contribution in [3.05, 3.63) is 23.8 Å². The highest BCUT2D eigenvalue weighted by atomic mass is 35.5. The molecule has 1 aromatic carbocycles. The van der Waals surface area contributed by atoms with Crippen molar-refractivity contribution in [1.29, 1.82) is 0 Å². The van der Waals surface area contributed by atoms with Crippen LogP contribution in [0.2, 0.25) is 0 Å². The maximum absolute atomic E-state index is 11.9. The van der Waals surface area contributed by atoms with Crippen LogP contribution in [0.25, 0.3) is 11.1 Å². The van der Waals surface area contributed by atoms with Crippen LogP contribution in [0.3, 0.4) is 0 Å². The van der Waals surface area contributed by atoms with Crippen molar-refractivity contribution >= 4 is 27.9 Å². The lowest BCUT2D eigenvalue weighted by molar-refractivity contribution is -0.0664. The molecule has 0 unspecified atom stereocenters. The summed E-state index contributed by atoms with van der Waals surface area (Å²) in [4.78, 5) is 14.6. The molecule has 2 aromatic rings. The van der Waals surface area contributed by atoms with Gasteiger partial charge in [-0.2, -0.15) is 13.8 Å². The third-order valence-corrected chi connectivity index (χ3v) is 2.00. The van der Waals surface area contributed by atoms with E-state index in [4.69, 9.17) is 16.0 Å². The van der Waals surface area contributed by atoms with E-state index in [0.29, 0.717) is 0 Å². The summed E-state index contributed by atoms with van der Waals surface area (Å²) in [6.07, 6.45) is -0.602. The summed E-state index contributed by atoms with van der Waals surface area (Å²) in [6.45, 7) is -3.04. The molecule has 0 N–H and O–H groups in total. The number of fused-ring (bicyclic) bond motifs is 1. The molecule has 0 atom stereocenters. The van der Waals surface area contributed by atoms with Crippen molar-refractivity contribution in [2.75, 3.05) is 0 Å². The van der Waals surface area contributed by atoms with E-state index in [9.17, 15) is 13.6 Å². The van der Waals surface area contributed by atoms with Gasteiger partial charge in [0.1, 0.15) is 5.52 Å². The van der Waals surface area contributed by atoms with Gasteiger partial charge in [0.15, 0.2) is 5.58 Å². The maximum Gasteiger partial charge on any atom is 0.399 e. The first-order chi connectivity index (χ1) is 7.58. The number of carbonyl (C=O) groups is 1. The standard InChI is InChI=1S/C9H4ClF2NO3/c10-7(14)4-2-1-3-5-6(4)13-9(15-5)16-8(11)12/h1-3,8H. The zero-order valence-corrected chi connectivity index (χ0v) is 8.37. The van der Waals surface area contributed by atoms with E-state index in [0.717, 1.165) is 0 Å². The van der Waals surface area contributed by atoms with Gasteiger partial charge in [0.05, 0.1) is 5.56 Å². The molecule has 1 heterocycles. The zero-order valence-electron chi connectivity index (χ0n) is 7.62. The predicted octanol–water partition coefficient (Wildman–Crippen LogP) is 2.81. The van der Waals surface area contributed by atoms with E-state index < -0.39 is 17.9 Å². The maximum atomic E-state index is 11.9. The molecule has 0 aliphatic rings. The van der Waals surface area contributed by atoms with Crippen LogP contribution >= 0.6 is 11.6 Å². The Hall–Kier alpha value is -1.69. The second-order valence-electron chi connectivity index (χ2n) is 2.78. The average molecular weight is 248 g/mol. The molecule has 16 heavy (non-hydrogen) atoms. The average Bonchev–Trinajstić information content (AvgIpc) is 2.57. The molecule has 0 spiro atoms. The number of oxazole rings is 1. The number of para-hydroxylation sites is 1. The van der Waals surface area contributed by atoms with E-state index in [1.54, 1.807) is 0 Å². The van der Waals surface area contributed by atoms with Crippen LogP contribution in [0.15, 0.2) is 22.6 Å². The lowest BCUT2D eigenvalue weighted by atomic mass is 10.2. The molecule has 0 aliphatic heterocycles. The highest BCUT2D eigenvalue weighted by Gasteiger charge is 2.16. The molecule has 0 bridgehead atoms. The van der Waals surface area contributed by atoms with Crippen molar-refractivity contribution in [3.8, 4) is 6.08 Å². The van der Waals surface area contributed by atoms with Crippen LogP contribution in [0.4, 0.5) is 8.78 Å². The van der Waals surface area contributed by atoms with Crippen LogP contribution in [0.1, 0.15) is 10.4 Å². The highest BCUT2D eigenvalue weighted by Crippen LogP contribution is 2.25. The molecule has 0 radical (unpaired) electrons. The summed E-state index contributed by atoms with van der Waals surface area (Å²) < 4.78 is 32.6. The molecule has 84 valence electrons. The van der Waals surface area contributed by atoms with Gasteiger partial charge in [-0.3, -0.25) is 4.79 Å². The van der Waals surface area contributed by atoms with Crippen molar-refractivity contribution in [2.24, 2.45) is 0 Å². The third-order valence-electron chi connectivity index (χ3n) is 1.80. The second-order valence-corrected chi connectivity index (χ2v) is 3.13. The van der Waals surface area contributed by atoms with Crippen molar-refractivity contribution in [1.82, 2.24) is 4.98 Å². The fraction of sp³-hybridized carbons (Fsp3) is 0.111. The molecule has 7 heteroatoms. The molecule has 0 aliphatic carbocycles. The van der Waals surface area contributed by atoms with E-state index >= 15 is 0 Å². The minimum absolute atomic E-state index is 0.0760. The largest absolute Gasteiger partial charge is 0.409 e. The zero-order chi connectivity index (χ0) is 11.7. The van der Waals surface area contributed by atoms with Crippen molar-refractivity contribution in [3.63, 3.8) is 0 Å². The monoisotopic (exact) mass is 247 g/mol. The van der Waals surface area contributed by atoms with E-state index in [1.165, 1.54) is 18.2 Å². The first-order valence-electron chi connectivity index (χ1n) is 4.12. The molecule has 0 saturated heterocycles. The minimum atomic E-state index is -3.04. The topological polar surface area (TPSA) is 52.3 Å². The molecule has 0 fully saturated rings. The number of hydrogen-bond acceptors (Lipinski definition) is 4. The molecule has 4 nitrogen and oxygen atoms in total. The molecule has 1 aromatic heterocycles. The van der Waals surface area contributed by atoms with Crippen LogP contribution in [-0.4, -0.2) is 16.8 Å². The Labute approximate surface area is 92.8 Å². The molecule has 0 amide bonds. The number of hydrogen-bond donors (Lipinski definition) is 0. The Morgan fingerprint density at radius 3 is 2.88 bits per heavy atom. The van der Waals surface area contributed by atoms with Gasteiger partial charge in [0, 0.05) is 0 Å². The number of alkyl halides is 2. The minimum Gasteiger partial charge on any atom is -0.409 e. The number of aromatic nitrogens is 1. The van der Waals surface area contributed by atoms with Gasteiger partial charge in [-0.15, -0.1) is 0 Å². The number of halogens is 3. The fourth-order valence-corrected chi connectivity index (χ4v) is 1.37. The second kappa shape index (κ2) is 4.05. The molecular weight excluding hydrogens is 244 g/mol. The summed E-state index contributed by atoms with van der Waals surface area (Å²) in [5, 5.41) is -0.748. The van der Waals surface area contributed by atoms with Crippen LogP contribution in [0.5, 0.6) is 6.08 Å². The summed E-state index contributed by atoms with van der Waals surface area (Å²) in [6, 6.07) is 4.37. The molecule has 0 saturated carbocycles. The van der Waals surface area contributed by atoms with E-state index in [1.807, 2.05) is 0 Å². The quantitative estimate of drug-likeness (QED) is 0.783. The van der Waals surface area contributed by atoms with Crippen LogP contribution in [0, 0.1) is 0 Å². The fourth-order valence-electron chi connectivity index (χ4n) is 1.21. The summed E-state index contributed by atoms with van der Waals surface area (Å²) >= 11 is 5.29. The molecular formula is C9H4ClF2NO3. The summed E-state index contributed by atoms with van der Waals surface area (Å²) in [5.74, 6) is 0. The van der Waals surface area contributed by atoms with Gasteiger partial charge in [0.2, 0.25) is 0 Å². The molecule has 2 rings (SSSR count). The Balaban J connectivity index is 2.52. The van der Waals surface area contributed by atoms with Crippen molar-refractivity contribution < 1.29 is 22.7 Å². The lowest BCUT2D eigenvalue weighted by Crippen LogP contribution is -2.01. The van der Waals surface area contributed by atoms with E-state index in [2.05, 4.69) is 9.72 Å². The van der Waals surface area contributed by atoms with Gasteiger partial charge in [-0.1, -0.05) is 6.07 Å². The first kappa shape index (κ1) is 10.8. The normalized spacial score (nSPS) is 11.0. The van der Waals surface area contributed by atoms with Gasteiger partial charge in [-0.25, -0.2) is 0 Å². The Kier molecular flexibility index (Phi) is 2.74. The number of ether oxygens (including phenoxy) is 1. The van der Waals surface area contributed by atoms with Gasteiger partial charge in [-0.05, 0) is 23.7 Å². The first-order valence-corrected chi connectivity index (χ1v) is 4.50. The van der Waals surface area contributed by atoms with Gasteiger partial charge < -0.3 is 9.15 Å². The van der Waals surface area contributed by atoms with Crippen LogP contribution < -0.4 is 4.74 Å². The number of carbonyl (C=O) groups excluding carboxylic acids is 1. The summed E-state index contributed by atoms with van der Waals surface area (Å²) in [7, 11) is 0.